The number of carbonyl (C=O) groups is 1. The molecule has 2 rings (SSSR count). The smallest absolute Gasteiger partial charge is 0.410 e. The molecule has 1 aliphatic rings. The van der Waals surface area contributed by atoms with Gasteiger partial charge in [0.05, 0.1) is 0 Å². The maximum atomic E-state index is 12.1. The molecule has 1 amide bonds. The Bertz CT molecular complexity index is 538. The summed E-state index contributed by atoms with van der Waals surface area (Å²) in [6.45, 7) is 11.5. The zero-order chi connectivity index (χ0) is 16.9. The first-order valence-corrected chi connectivity index (χ1v) is 8.44. The summed E-state index contributed by atoms with van der Waals surface area (Å²) < 4.78 is 5.42. The molecule has 0 fully saturated rings. The fraction of sp³-hybridized carbons (Fsp3) is 0.611. The average molecular weight is 319 g/mol. The Morgan fingerprint density at radius 1 is 1.39 bits per heavy atom. The predicted octanol–water partition coefficient (Wildman–Crippen LogP) is 3.00. The lowest BCUT2D eigenvalue weighted by molar-refractivity contribution is 0.0262. The molecule has 1 aliphatic heterocycles. The fourth-order valence-corrected chi connectivity index (χ4v) is 2.70. The zero-order valence-electron chi connectivity index (χ0n) is 14.7. The number of likely N-dealkylation sites (N-methyl/N-ethyl adjacent to an activating group) is 1. The molecule has 0 atom stereocenters. The first-order chi connectivity index (χ1) is 10.9. The highest BCUT2D eigenvalue weighted by atomic mass is 16.6. The third kappa shape index (κ3) is 5.13. The molecule has 5 heteroatoms. The molecule has 1 heterocycles. The molecule has 0 saturated carbocycles. The van der Waals surface area contributed by atoms with Crippen molar-refractivity contribution in [1.29, 1.82) is 0 Å². The van der Waals surface area contributed by atoms with E-state index in [2.05, 4.69) is 28.8 Å². The minimum absolute atomic E-state index is 0.246. The third-order valence-corrected chi connectivity index (χ3v) is 3.84. The van der Waals surface area contributed by atoms with E-state index in [-0.39, 0.29) is 6.09 Å². The topological polar surface area (TPSA) is 53.6 Å². The van der Waals surface area contributed by atoms with Gasteiger partial charge in [-0.15, -0.1) is 0 Å². The van der Waals surface area contributed by atoms with Crippen molar-refractivity contribution in [1.82, 2.24) is 10.2 Å². The minimum Gasteiger partial charge on any atom is -0.444 e. The van der Waals surface area contributed by atoms with Crippen LogP contribution in [0, 0.1) is 0 Å². The maximum Gasteiger partial charge on any atom is 0.410 e. The number of nitrogens with zero attached hydrogens (tertiary/aromatic N) is 1. The van der Waals surface area contributed by atoms with Gasteiger partial charge >= 0.3 is 6.09 Å². The van der Waals surface area contributed by atoms with Gasteiger partial charge in [0.2, 0.25) is 0 Å². The third-order valence-electron chi connectivity index (χ3n) is 3.84. The van der Waals surface area contributed by atoms with Crippen LogP contribution >= 0.6 is 0 Å². The largest absolute Gasteiger partial charge is 0.444 e. The Labute approximate surface area is 139 Å². The molecule has 0 saturated heterocycles. The molecular formula is C18H29N3O2. The number of ether oxygens (including phenoxy) is 1. The van der Waals surface area contributed by atoms with Crippen molar-refractivity contribution in [3.63, 3.8) is 0 Å². The van der Waals surface area contributed by atoms with Gasteiger partial charge in [0.1, 0.15) is 5.60 Å². The first-order valence-electron chi connectivity index (χ1n) is 8.44. The Morgan fingerprint density at radius 2 is 2.17 bits per heavy atom. The van der Waals surface area contributed by atoms with Gasteiger partial charge in [-0.2, -0.15) is 0 Å². The molecule has 0 bridgehead atoms. The van der Waals surface area contributed by atoms with Gasteiger partial charge in [-0.25, -0.2) is 4.79 Å². The van der Waals surface area contributed by atoms with E-state index in [4.69, 9.17) is 4.74 Å². The molecule has 23 heavy (non-hydrogen) atoms. The monoisotopic (exact) mass is 319 g/mol. The van der Waals surface area contributed by atoms with E-state index in [0.717, 1.165) is 26.1 Å². The maximum absolute atomic E-state index is 12.1. The number of hydrogen-bond donors (Lipinski definition) is 2. The predicted molar refractivity (Wildman–Crippen MR) is 93.8 cm³/mol. The van der Waals surface area contributed by atoms with Crippen molar-refractivity contribution in [3.05, 3.63) is 29.3 Å². The molecular weight excluding hydrogens is 290 g/mol. The standard InChI is InChI=1S/C18H29N3O2/c1-5-21(17(22)23-18(2,3)4)12-11-19-13-15-8-6-7-14-9-10-20-16(14)15/h6-8,19-20H,5,9-13H2,1-4H3. The second kappa shape index (κ2) is 7.68. The van der Waals surface area contributed by atoms with Crippen LogP contribution < -0.4 is 10.6 Å². The van der Waals surface area contributed by atoms with Crippen molar-refractivity contribution in [2.45, 2.75) is 46.3 Å². The van der Waals surface area contributed by atoms with Crippen molar-refractivity contribution in [2.24, 2.45) is 0 Å². The van der Waals surface area contributed by atoms with Gasteiger partial charge in [-0.3, -0.25) is 0 Å². The lowest BCUT2D eigenvalue weighted by Gasteiger charge is -2.26. The summed E-state index contributed by atoms with van der Waals surface area (Å²) >= 11 is 0. The number of benzene rings is 1. The van der Waals surface area contributed by atoms with Gasteiger partial charge < -0.3 is 20.3 Å². The van der Waals surface area contributed by atoms with E-state index in [1.54, 1.807) is 4.90 Å². The second-order valence-electron chi connectivity index (χ2n) is 6.86. The summed E-state index contributed by atoms with van der Waals surface area (Å²) in [6, 6.07) is 6.44. The van der Waals surface area contributed by atoms with Crippen LogP contribution in [-0.4, -0.2) is 42.8 Å². The minimum atomic E-state index is -0.450. The number of fused-ring (bicyclic) bond motifs is 1. The highest BCUT2D eigenvalue weighted by molar-refractivity contribution is 5.68. The van der Waals surface area contributed by atoms with Crippen LogP contribution in [0.25, 0.3) is 0 Å². The molecule has 1 aromatic rings. The van der Waals surface area contributed by atoms with E-state index in [1.165, 1.54) is 16.8 Å². The number of amides is 1. The fourth-order valence-electron chi connectivity index (χ4n) is 2.70. The lowest BCUT2D eigenvalue weighted by atomic mass is 10.1. The normalized spacial score (nSPS) is 13.4. The number of rotatable bonds is 6. The van der Waals surface area contributed by atoms with Gasteiger partial charge in [0.15, 0.2) is 0 Å². The number of para-hydroxylation sites is 1. The Balaban J connectivity index is 1.78. The van der Waals surface area contributed by atoms with E-state index >= 15 is 0 Å². The SMILES string of the molecule is CCN(CCNCc1cccc2c1NCC2)C(=O)OC(C)(C)C. The number of hydrogen-bond acceptors (Lipinski definition) is 4. The summed E-state index contributed by atoms with van der Waals surface area (Å²) in [5, 5.41) is 6.87. The molecule has 2 N–H and O–H groups in total. The van der Waals surface area contributed by atoms with Gasteiger partial charge in [-0.05, 0) is 45.2 Å². The molecule has 0 aliphatic carbocycles. The van der Waals surface area contributed by atoms with E-state index in [0.29, 0.717) is 13.1 Å². The first kappa shape index (κ1) is 17.6. The molecule has 1 aromatic carbocycles. The highest BCUT2D eigenvalue weighted by Gasteiger charge is 2.20. The summed E-state index contributed by atoms with van der Waals surface area (Å²) in [4.78, 5) is 13.8. The van der Waals surface area contributed by atoms with Crippen LogP contribution in [0.15, 0.2) is 18.2 Å². The number of nitrogens with one attached hydrogen (secondary N) is 2. The van der Waals surface area contributed by atoms with Crippen molar-refractivity contribution in [3.8, 4) is 0 Å². The Morgan fingerprint density at radius 3 is 2.87 bits per heavy atom. The van der Waals surface area contributed by atoms with Crippen molar-refractivity contribution >= 4 is 11.8 Å². The summed E-state index contributed by atoms with van der Waals surface area (Å²) in [5.41, 5.74) is 3.52. The summed E-state index contributed by atoms with van der Waals surface area (Å²) in [5.74, 6) is 0. The van der Waals surface area contributed by atoms with Gasteiger partial charge in [0.25, 0.3) is 0 Å². The van der Waals surface area contributed by atoms with Gasteiger partial charge in [0, 0.05) is 38.4 Å². The van der Waals surface area contributed by atoms with Crippen molar-refractivity contribution in [2.75, 3.05) is 31.5 Å². The highest BCUT2D eigenvalue weighted by Crippen LogP contribution is 2.26. The van der Waals surface area contributed by atoms with Crippen LogP contribution in [0.5, 0.6) is 0 Å². The van der Waals surface area contributed by atoms with Crippen molar-refractivity contribution < 1.29 is 9.53 Å². The van der Waals surface area contributed by atoms with Crippen LogP contribution in [0.1, 0.15) is 38.8 Å². The van der Waals surface area contributed by atoms with Gasteiger partial charge in [-0.1, -0.05) is 18.2 Å². The van der Waals surface area contributed by atoms with E-state index < -0.39 is 5.60 Å². The molecule has 0 aromatic heterocycles. The van der Waals surface area contributed by atoms with Crippen LogP contribution in [0.4, 0.5) is 10.5 Å². The molecule has 128 valence electrons. The summed E-state index contributed by atoms with van der Waals surface area (Å²) in [7, 11) is 0. The van der Waals surface area contributed by atoms with E-state index in [1.807, 2.05) is 27.7 Å². The lowest BCUT2D eigenvalue weighted by Crippen LogP contribution is -2.40. The number of carbonyl (C=O) groups excluding carboxylic acids is 1. The zero-order valence-corrected chi connectivity index (χ0v) is 14.7. The quantitative estimate of drug-likeness (QED) is 0.792. The van der Waals surface area contributed by atoms with Crippen LogP contribution in [0.2, 0.25) is 0 Å². The van der Waals surface area contributed by atoms with Crippen LogP contribution in [0.3, 0.4) is 0 Å². The number of anilines is 1. The van der Waals surface area contributed by atoms with E-state index in [9.17, 15) is 4.79 Å². The molecule has 5 nitrogen and oxygen atoms in total. The average Bonchev–Trinajstić information content (AvgIpc) is 2.94. The molecule has 0 unspecified atom stereocenters. The molecule has 0 radical (unpaired) electrons. The Kier molecular flexibility index (Phi) is 5.88. The second-order valence-corrected chi connectivity index (χ2v) is 6.86. The summed E-state index contributed by atoms with van der Waals surface area (Å²) in [6.07, 6.45) is 0.856. The van der Waals surface area contributed by atoms with Crippen LogP contribution in [-0.2, 0) is 17.7 Å². The molecule has 0 spiro atoms. The Hall–Kier alpha value is -1.75.